The number of aliphatic hydroxyl groups is 1. The summed E-state index contributed by atoms with van der Waals surface area (Å²) in [7, 11) is 0. The lowest BCUT2D eigenvalue weighted by Gasteiger charge is -2.41. The number of likely N-dealkylation sites (tertiary alicyclic amines) is 1. The van der Waals surface area contributed by atoms with E-state index >= 15 is 0 Å². The Balaban J connectivity index is 1.42. The van der Waals surface area contributed by atoms with Gasteiger partial charge in [0.1, 0.15) is 0 Å². The molecular weight excluding hydrogens is 328 g/mol. The van der Waals surface area contributed by atoms with Gasteiger partial charge in [0.15, 0.2) is 0 Å². The molecule has 0 radical (unpaired) electrons. The highest BCUT2D eigenvalue weighted by molar-refractivity contribution is 5.87. The molecule has 6 nitrogen and oxygen atoms in total. The maximum absolute atomic E-state index is 13.4. The lowest BCUT2D eigenvalue weighted by Crippen LogP contribution is -2.47. The maximum atomic E-state index is 13.4. The Morgan fingerprint density at radius 2 is 2.08 bits per heavy atom. The number of hydrogen-bond acceptors (Lipinski definition) is 4. The van der Waals surface area contributed by atoms with Crippen LogP contribution in [-0.2, 0) is 11.2 Å². The number of nitrogens with zero attached hydrogens (tertiary/aromatic N) is 4. The molecule has 2 atom stereocenters. The predicted molar refractivity (Wildman–Crippen MR) is 98.4 cm³/mol. The molecule has 1 saturated heterocycles. The molecule has 6 heteroatoms. The molecule has 2 bridgehead atoms. The number of carbonyl (C=O) groups is 1. The van der Waals surface area contributed by atoms with Crippen LogP contribution in [0.2, 0.25) is 0 Å². The summed E-state index contributed by atoms with van der Waals surface area (Å²) in [6.07, 6.45) is 7.41. The second-order valence-electron chi connectivity index (χ2n) is 8.91. The first-order chi connectivity index (χ1) is 12.4. The molecule has 26 heavy (non-hydrogen) atoms. The lowest BCUT2D eigenvalue weighted by atomic mass is 9.68. The molecule has 3 fully saturated rings. The molecule has 0 spiro atoms. The average molecular weight is 358 g/mol. The number of carbonyl (C=O) groups excluding carboxylic acids is 1. The molecule has 0 unspecified atom stereocenters. The van der Waals surface area contributed by atoms with Gasteiger partial charge in [0.2, 0.25) is 5.91 Å². The van der Waals surface area contributed by atoms with Gasteiger partial charge in [-0.05, 0) is 43.4 Å². The van der Waals surface area contributed by atoms with Crippen molar-refractivity contribution in [3.05, 3.63) is 24.0 Å². The zero-order valence-electron chi connectivity index (χ0n) is 15.9. The fourth-order valence-corrected chi connectivity index (χ4v) is 5.48. The van der Waals surface area contributed by atoms with Crippen LogP contribution >= 0.6 is 0 Å². The third-order valence-corrected chi connectivity index (χ3v) is 7.35. The summed E-state index contributed by atoms with van der Waals surface area (Å²) in [5, 5.41) is 17.3. The molecule has 1 aliphatic heterocycles. The van der Waals surface area contributed by atoms with E-state index in [9.17, 15) is 4.79 Å². The molecular formula is C20H30N4O2. The van der Waals surface area contributed by atoms with Crippen molar-refractivity contribution in [2.75, 3.05) is 19.7 Å². The maximum Gasteiger partial charge on any atom is 0.232 e. The van der Waals surface area contributed by atoms with Gasteiger partial charge in [-0.1, -0.05) is 31.2 Å². The van der Waals surface area contributed by atoms with Gasteiger partial charge in [-0.3, -0.25) is 4.79 Å². The molecule has 1 aromatic rings. The van der Waals surface area contributed by atoms with Crippen molar-refractivity contribution in [2.45, 2.75) is 58.4 Å². The Labute approximate surface area is 155 Å². The number of aliphatic hydroxyl groups excluding tert-OH is 1. The van der Waals surface area contributed by atoms with Gasteiger partial charge < -0.3 is 10.0 Å². The molecule has 2 saturated carbocycles. The molecule has 1 aromatic heterocycles. The summed E-state index contributed by atoms with van der Waals surface area (Å²) >= 11 is 0. The van der Waals surface area contributed by atoms with Crippen LogP contribution in [-0.4, -0.2) is 50.6 Å². The van der Waals surface area contributed by atoms with Crippen LogP contribution in [0.5, 0.6) is 0 Å². The molecule has 4 rings (SSSR count). The van der Waals surface area contributed by atoms with Crippen LogP contribution in [0.1, 0.15) is 57.7 Å². The molecule has 1 amide bonds. The Morgan fingerprint density at radius 3 is 2.69 bits per heavy atom. The monoisotopic (exact) mass is 358 g/mol. The molecule has 1 N–H and O–H groups in total. The topological polar surface area (TPSA) is 71.2 Å². The molecule has 2 aliphatic carbocycles. The minimum Gasteiger partial charge on any atom is -0.396 e. The van der Waals surface area contributed by atoms with Gasteiger partial charge in [-0.15, -0.1) is 5.10 Å². The van der Waals surface area contributed by atoms with Crippen molar-refractivity contribution in [1.82, 2.24) is 19.9 Å². The van der Waals surface area contributed by atoms with Gasteiger partial charge in [-0.25, -0.2) is 4.68 Å². The second-order valence-corrected chi connectivity index (χ2v) is 8.91. The number of aromatic nitrogens is 3. The van der Waals surface area contributed by atoms with E-state index in [1.54, 1.807) is 0 Å². The fourth-order valence-electron chi connectivity index (χ4n) is 5.48. The Kier molecular flexibility index (Phi) is 4.21. The van der Waals surface area contributed by atoms with Crippen molar-refractivity contribution in [1.29, 1.82) is 0 Å². The van der Waals surface area contributed by atoms with E-state index in [1.807, 2.05) is 10.9 Å². The van der Waals surface area contributed by atoms with E-state index in [-0.39, 0.29) is 23.5 Å². The third-order valence-electron chi connectivity index (χ3n) is 7.35. The van der Waals surface area contributed by atoms with Crippen molar-refractivity contribution in [2.24, 2.45) is 16.7 Å². The quantitative estimate of drug-likeness (QED) is 0.839. The van der Waals surface area contributed by atoms with Gasteiger partial charge >= 0.3 is 0 Å². The second kappa shape index (κ2) is 6.19. The summed E-state index contributed by atoms with van der Waals surface area (Å²) in [6, 6.07) is 0.288. The molecule has 142 valence electrons. The first-order valence-electron chi connectivity index (χ1n) is 9.89. The Bertz CT molecular complexity index is 717. The summed E-state index contributed by atoms with van der Waals surface area (Å²) < 4.78 is 1.91. The third kappa shape index (κ3) is 2.53. The zero-order valence-corrected chi connectivity index (χ0v) is 15.9. The van der Waals surface area contributed by atoms with Gasteiger partial charge in [0, 0.05) is 32.3 Å². The van der Waals surface area contributed by atoms with Crippen molar-refractivity contribution >= 4 is 5.91 Å². The van der Waals surface area contributed by atoms with Gasteiger partial charge in [0.05, 0.1) is 17.2 Å². The number of fused-ring (bicyclic) bond motifs is 2. The van der Waals surface area contributed by atoms with Crippen molar-refractivity contribution < 1.29 is 9.90 Å². The summed E-state index contributed by atoms with van der Waals surface area (Å²) in [6.45, 7) is 10.5. The van der Waals surface area contributed by atoms with Gasteiger partial charge in [0.25, 0.3) is 0 Å². The van der Waals surface area contributed by atoms with E-state index in [0.717, 1.165) is 50.9 Å². The van der Waals surface area contributed by atoms with Crippen LogP contribution < -0.4 is 0 Å². The summed E-state index contributed by atoms with van der Waals surface area (Å²) in [5.74, 6) is 0.921. The van der Waals surface area contributed by atoms with E-state index in [4.69, 9.17) is 5.11 Å². The van der Waals surface area contributed by atoms with E-state index < -0.39 is 0 Å². The number of piperidine rings is 1. The van der Waals surface area contributed by atoms with Crippen LogP contribution in [0.25, 0.3) is 0 Å². The highest BCUT2D eigenvalue weighted by atomic mass is 16.3. The van der Waals surface area contributed by atoms with E-state index in [0.29, 0.717) is 18.2 Å². The standard InChI is InChI=1S/C20H30N4O2/c1-14-19(2,3)15-4-8-20(14,12-15)18(26)23-9-5-17(6-10-23)24-13-16(7-11-25)21-22-24/h13,15,17,25H,1,4-12H2,2-3H3/t15-,20-/m0/s1. The number of hydrogen-bond donors (Lipinski definition) is 1. The Hall–Kier alpha value is -1.69. The SMILES string of the molecule is C=C1C(C)(C)[C@H]2CC[C@]1(C(=O)N1CCC(n3cc(CCO)nn3)CC1)C2. The van der Waals surface area contributed by atoms with Crippen LogP contribution in [0.4, 0.5) is 0 Å². The van der Waals surface area contributed by atoms with E-state index in [2.05, 4.69) is 35.6 Å². The summed E-state index contributed by atoms with van der Waals surface area (Å²) in [5.41, 5.74) is 1.78. The molecule has 0 aromatic carbocycles. The molecule has 2 heterocycles. The fraction of sp³-hybridized carbons (Fsp3) is 0.750. The largest absolute Gasteiger partial charge is 0.396 e. The number of amides is 1. The Morgan fingerprint density at radius 1 is 1.35 bits per heavy atom. The normalized spacial score (nSPS) is 31.0. The van der Waals surface area contributed by atoms with Crippen molar-refractivity contribution in [3.8, 4) is 0 Å². The highest BCUT2D eigenvalue weighted by Gasteiger charge is 2.61. The minimum atomic E-state index is -0.303. The number of rotatable bonds is 4. The zero-order chi connectivity index (χ0) is 18.5. The smallest absolute Gasteiger partial charge is 0.232 e. The first kappa shape index (κ1) is 17.7. The van der Waals surface area contributed by atoms with Crippen LogP contribution in [0, 0.1) is 16.7 Å². The van der Waals surface area contributed by atoms with Gasteiger partial charge in [-0.2, -0.15) is 0 Å². The highest BCUT2D eigenvalue weighted by Crippen LogP contribution is 2.66. The lowest BCUT2D eigenvalue weighted by molar-refractivity contribution is -0.141. The first-order valence-corrected chi connectivity index (χ1v) is 9.89. The van der Waals surface area contributed by atoms with E-state index in [1.165, 1.54) is 5.57 Å². The van der Waals surface area contributed by atoms with Crippen LogP contribution in [0.15, 0.2) is 18.3 Å². The molecule has 3 aliphatic rings. The average Bonchev–Trinajstić information content (AvgIpc) is 3.32. The minimum absolute atomic E-state index is 0.0922. The summed E-state index contributed by atoms with van der Waals surface area (Å²) in [4.78, 5) is 15.5. The van der Waals surface area contributed by atoms with Crippen LogP contribution in [0.3, 0.4) is 0 Å². The van der Waals surface area contributed by atoms with Crippen molar-refractivity contribution in [3.63, 3.8) is 0 Å². The predicted octanol–water partition coefficient (Wildman–Crippen LogP) is 2.36.